The highest BCUT2D eigenvalue weighted by atomic mass is 79.9. The predicted molar refractivity (Wildman–Crippen MR) is 73.9 cm³/mol. The zero-order chi connectivity index (χ0) is 12.6. The molecule has 2 nitrogen and oxygen atoms in total. The molecule has 0 fully saturated rings. The molecule has 96 valence electrons. The van der Waals surface area contributed by atoms with Crippen LogP contribution in [0.15, 0.2) is 0 Å². The summed E-state index contributed by atoms with van der Waals surface area (Å²) in [7, 11) is 0. The Hall–Kier alpha value is -0.0500. The van der Waals surface area contributed by atoms with E-state index in [2.05, 4.69) is 48.9 Å². The van der Waals surface area contributed by atoms with Crippen molar-refractivity contribution in [2.75, 3.05) is 11.9 Å². The van der Waals surface area contributed by atoms with Gasteiger partial charge < -0.3 is 5.32 Å². The van der Waals surface area contributed by atoms with Crippen molar-refractivity contribution in [3.05, 3.63) is 0 Å². The first-order chi connectivity index (χ1) is 7.46. The number of hydrogen-bond donors (Lipinski definition) is 1. The number of alkyl halides is 1. The van der Waals surface area contributed by atoms with E-state index in [-0.39, 0.29) is 17.2 Å². The summed E-state index contributed by atoms with van der Waals surface area (Å²) in [6.45, 7) is 9.32. The zero-order valence-corrected chi connectivity index (χ0v) is 12.7. The van der Waals surface area contributed by atoms with Crippen molar-refractivity contribution in [1.82, 2.24) is 5.32 Å². The van der Waals surface area contributed by atoms with Gasteiger partial charge in [-0.2, -0.15) is 0 Å². The molecule has 0 unspecified atom stereocenters. The third kappa shape index (κ3) is 6.51. The average Bonchev–Trinajstić information content (AvgIpc) is 2.26. The fourth-order valence-electron chi connectivity index (χ4n) is 1.62. The van der Waals surface area contributed by atoms with Gasteiger partial charge in [0.05, 0.1) is 0 Å². The lowest BCUT2D eigenvalue weighted by atomic mass is 9.94. The van der Waals surface area contributed by atoms with Gasteiger partial charge in [-0.1, -0.05) is 56.5 Å². The lowest BCUT2D eigenvalue weighted by Gasteiger charge is -2.24. The number of amides is 1. The molecule has 16 heavy (non-hydrogen) atoms. The zero-order valence-electron chi connectivity index (χ0n) is 11.1. The van der Waals surface area contributed by atoms with Gasteiger partial charge in [0.25, 0.3) is 0 Å². The van der Waals surface area contributed by atoms with Crippen molar-refractivity contribution in [2.45, 2.75) is 53.4 Å². The Morgan fingerprint density at radius 2 is 1.75 bits per heavy atom. The number of carbonyl (C=O) groups excluding carboxylic acids is 1. The van der Waals surface area contributed by atoms with Crippen LogP contribution in [-0.4, -0.2) is 17.8 Å². The highest BCUT2D eigenvalue weighted by Gasteiger charge is 2.21. The maximum Gasteiger partial charge on any atom is 0.223 e. The van der Waals surface area contributed by atoms with Gasteiger partial charge in [-0.3, -0.25) is 4.79 Å². The quantitative estimate of drug-likeness (QED) is 0.678. The second kappa shape index (κ2) is 8.10. The van der Waals surface area contributed by atoms with Gasteiger partial charge in [-0.05, 0) is 18.3 Å². The molecular formula is C13H26BrNO. The Morgan fingerprint density at radius 3 is 2.12 bits per heavy atom. The summed E-state index contributed by atoms with van der Waals surface area (Å²) in [6.07, 6.45) is 4.18. The van der Waals surface area contributed by atoms with Gasteiger partial charge in [0.1, 0.15) is 0 Å². The van der Waals surface area contributed by atoms with Gasteiger partial charge in [0.15, 0.2) is 0 Å². The first kappa shape index (κ1) is 16.0. The van der Waals surface area contributed by atoms with Crippen molar-refractivity contribution < 1.29 is 4.79 Å². The Morgan fingerprint density at radius 1 is 1.25 bits per heavy atom. The molecule has 0 bridgehead atoms. The molecule has 0 atom stereocenters. The first-order valence-corrected chi connectivity index (χ1v) is 7.42. The highest BCUT2D eigenvalue weighted by molar-refractivity contribution is 9.09. The van der Waals surface area contributed by atoms with Crippen LogP contribution >= 0.6 is 15.9 Å². The molecule has 0 saturated heterocycles. The minimum Gasteiger partial charge on any atom is -0.355 e. The Bertz CT molecular complexity index is 198. The minimum absolute atomic E-state index is 0.138. The van der Waals surface area contributed by atoms with Crippen LogP contribution in [0.1, 0.15) is 53.4 Å². The van der Waals surface area contributed by atoms with Crippen LogP contribution in [0.2, 0.25) is 0 Å². The smallest absolute Gasteiger partial charge is 0.223 e. The SMILES string of the molecule is CCCC(CCC)C(=O)NCC(C)(C)CBr. The van der Waals surface area contributed by atoms with Crippen LogP contribution in [-0.2, 0) is 4.79 Å². The molecule has 0 aromatic carbocycles. The molecule has 0 rings (SSSR count). The maximum absolute atomic E-state index is 12.0. The Kier molecular flexibility index (Phi) is 8.08. The van der Waals surface area contributed by atoms with Crippen LogP contribution in [0.25, 0.3) is 0 Å². The van der Waals surface area contributed by atoms with Crippen LogP contribution < -0.4 is 5.32 Å². The minimum atomic E-state index is 0.138. The lowest BCUT2D eigenvalue weighted by molar-refractivity contribution is -0.125. The fourth-order valence-corrected chi connectivity index (χ4v) is 1.82. The van der Waals surface area contributed by atoms with E-state index in [4.69, 9.17) is 0 Å². The summed E-state index contributed by atoms with van der Waals surface area (Å²) in [6, 6.07) is 0. The number of nitrogens with one attached hydrogen (secondary N) is 1. The third-order valence-corrected chi connectivity index (χ3v) is 4.27. The summed E-state index contributed by atoms with van der Waals surface area (Å²) in [5.41, 5.74) is 0.138. The van der Waals surface area contributed by atoms with Gasteiger partial charge in [0, 0.05) is 17.8 Å². The second-order valence-electron chi connectivity index (χ2n) is 5.29. The van der Waals surface area contributed by atoms with Gasteiger partial charge in [0.2, 0.25) is 5.91 Å². The highest BCUT2D eigenvalue weighted by Crippen LogP contribution is 2.18. The van der Waals surface area contributed by atoms with E-state index in [9.17, 15) is 4.79 Å². The molecule has 0 aromatic rings. The van der Waals surface area contributed by atoms with Gasteiger partial charge in [-0.25, -0.2) is 0 Å². The maximum atomic E-state index is 12.0. The topological polar surface area (TPSA) is 29.1 Å². The standard InChI is InChI=1S/C13H26BrNO/c1-5-7-11(8-6-2)12(16)15-10-13(3,4)9-14/h11H,5-10H2,1-4H3,(H,15,16). The molecule has 0 saturated carbocycles. The summed E-state index contributed by atoms with van der Waals surface area (Å²) in [5, 5.41) is 3.98. The number of carbonyl (C=O) groups is 1. The Labute approximate surface area is 109 Å². The van der Waals surface area contributed by atoms with E-state index in [0.29, 0.717) is 0 Å². The molecular weight excluding hydrogens is 266 g/mol. The molecule has 3 heteroatoms. The monoisotopic (exact) mass is 291 g/mol. The molecule has 0 radical (unpaired) electrons. The summed E-state index contributed by atoms with van der Waals surface area (Å²) < 4.78 is 0. The summed E-state index contributed by atoms with van der Waals surface area (Å²) >= 11 is 3.47. The lowest BCUT2D eigenvalue weighted by Crippen LogP contribution is -2.38. The van der Waals surface area contributed by atoms with E-state index in [1.54, 1.807) is 0 Å². The number of rotatable bonds is 8. The van der Waals surface area contributed by atoms with Crippen LogP contribution in [0.4, 0.5) is 0 Å². The van der Waals surface area contributed by atoms with Crippen molar-refractivity contribution in [2.24, 2.45) is 11.3 Å². The van der Waals surface area contributed by atoms with Crippen molar-refractivity contribution in [3.8, 4) is 0 Å². The van der Waals surface area contributed by atoms with Gasteiger partial charge in [-0.15, -0.1) is 0 Å². The molecule has 0 aliphatic carbocycles. The second-order valence-corrected chi connectivity index (χ2v) is 5.85. The molecule has 1 N–H and O–H groups in total. The van der Waals surface area contributed by atoms with Crippen molar-refractivity contribution in [3.63, 3.8) is 0 Å². The molecule has 0 aliphatic rings. The number of halogens is 1. The van der Waals surface area contributed by atoms with Crippen LogP contribution in [0, 0.1) is 11.3 Å². The molecule has 0 heterocycles. The van der Waals surface area contributed by atoms with E-state index in [1.807, 2.05) is 0 Å². The molecule has 0 spiro atoms. The van der Waals surface area contributed by atoms with E-state index < -0.39 is 0 Å². The van der Waals surface area contributed by atoms with E-state index in [1.165, 1.54) is 0 Å². The first-order valence-electron chi connectivity index (χ1n) is 6.30. The summed E-state index contributed by atoms with van der Waals surface area (Å²) in [4.78, 5) is 12.0. The van der Waals surface area contributed by atoms with Gasteiger partial charge >= 0.3 is 0 Å². The average molecular weight is 292 g/mol. The van der Waals surface area contributed by atoms with E-state index >= 15 is 0 Å². The van der Waals surface area contributed by atoms with Crippen molar-refractivity contribution in [1.29, 1.82) is 0 Å². The fraction of sp³-hybridized carbons (Fsp3) is 0.923. The Balaban J connectivity index is 4.09. The largest absolute Gasteiger partial charge is 0.355 e. The molecule has 1 amide bonds. The number of hydrogen-bond acceptors (Lipinski definition) is 1. The van der Waals surface area contributed by atoms with E-state index in [0.717, 1.165) is 37.6 Å². The van der Waals surface area contributed by atoms with Crippen LogP contribution in [0.5, 0.6) is 0 Å². The third-order valence-electron chi connectivity index (χ3n) is 2.75. The molecule has 0 aliphatic heterocycles. The molecule has 0 aromatic heterocycles. The summed E-state index contributed by atoms with van der Waals surface area (Å²) in [5.74, 6) is 0.443. The predicted octanol–water partition coefficient (Wildman–Crippen LogP) is 3.74. The normalized spacial score (nSPS) is 11.9. The van der Waals surface area contributed by atoms with Crippen molar-refractivity contribution >= 4 is 21.8 Å². The van der Waals surface area contributed by atoms with Crippen LogP contribution in [0.3, 0.4) is 0 Å².